The molecule has 0 bridgehead atoms. The van der Waals surface area contributed by atoms with Gasteiger partial charge in [-0.3, -0.25) is 10.1 Å². The number of amides is 1. The van der Waals surface area contributed by atoms with E-state index >= 15 is 0 Å². The second-order valence-electron chi connectivity index (χ2n) is 7.36. The first kappa shape index (κ1) is 15.2. The Morgan fingerprint density at radius 3 is 2.91 bits per heavy atom. The summed E-state index contributed by atoms with van der Waals surface area (Å²) in [5.41, 5.74) is 0.0463. The molecule has 1 amide bonds. The van der Waals surface area contributed by atoms with Crippen LogP contribution in [0.2, 0.25) is 0 Å². The predicted molar refractivity (Wildman–Crippen MR) is 86.2 cm³/mol. The van der Waals surface area contributed by atoms with Gasteiger partial charge in [-0.05, 0) is 56.9 Å². The van der Waals surface area contributed by atoms with E-state index in [1.807, 2.05) is 11.8 Å². The van der Waals surface area contributed by atoms with Crippen LogP contribution >= 0.6 is 11.8 Å². The quantitative estimate of drug-likeness (QED) is 0.721. The van der Waals surface area contributed by atoms with Gasteiger partial charge in [-0.2, -0.15) is 0 Å². The van der Waals surface area contributed by atoms with E-state index in [0.717, 1.165) is 51.6 Å². The minimum Gasteiger partial charge on any atom is -0.332 e. The Balaban J connectivity index is 1.36. The average molecular weight is 327 g/mol. The lowest BCUT2D eigenvalue weighted by Gasteiger charge is -2.42. The number of thioether (sulfide) groups is 1. The van der Waals surface area contributed by atoms with E-state index in [1.54, 1.807) is 0 Å². The third-order valence-corrected chi connectivity index (χ3v) is 7.53. The molecule has 0 aromatic carbocycles. The summed E-state index contributed by atoms with van der Waals surface area (Å²) in [5, 5.41) is 10.6. The van der Waals surface area contributed by atoms with Crippen LogP contribution in [0.1, 0.15) is 38.5 Å². The van der Waals surface area contributed by atoms with Gasteiger partial charge in [-0.15, -0.1) is 11.8 Å². The molecule has 0 spiro atoms. The van der Waals surface area contributed by atoms with Crippen LogP contribution in [-0.2, 0) is 4.79 Å². The predicted octanol–water partition coefficient (Wildman–Crippen LogP) is 1.62. The molecule has 2 heterocycles. The molecule has 4 nitrogen and oxygen atoms in total. The molecular weight excluding hydrogens is 301 g/mol. The average Bonchev–Trinajstić information content (AvgIpc) is 3.15. The maximum Gasteiger partial charge on any atom is 0.226 e. The number of rotatable bonds is 2. The van der Waals surface area contributed by atoms with Gasteiger partial charge in [0.25, 0.3) is 0 Å². The van der Waals surface area contributed by atoms with Crippen molar-refractivity contribution in [3.05, 3.63) is 0 Å². The molecule has 4 rings (SSSR count). The first-order valence-corrected chi connectivity index (χ1v) is 9.71. The normalized spacial score (nSPS) is 47.8. The maximum atomic E-state index is 13.6. The fourth-order valence-electron chi connectivity index (χ4n) is 4.82. The topological polar surface area (TPSA) is 53.2 Å². The van der Waals surface area contributed by atoms with E-state index in [1.165, 1.54) is 0 Å². The molecular formula is C16H26FN3OS. The number of carbonyl (C=O) groups is 1. The first-order chi connectivity index (χ1) is 10.7. The summed E-state index contributed by atoms with van der Waals surface area (Å²) >= 11 is 1.88. The highest BCUT2D eigenvalue weighted by Crippen LogP contribution is 2.48. The Hall–Kier alpha value is -0.330. The second-order valence-corrected chi connectivity index (χ2v) is 8.65. The van der Waals surface area contributed by atoms with Crippen LogP contribution in [0.25, 0.3) is 0 Å². The van der Waals surface area contributed by atoms with Crippen LogP contribution < -0.4 is 16.0 Å². The molecule has 3 N–H and O–H groups in total. The standard InChI is InChI=1S/C16H26FN3OS/c17-11-2-3-12-9(7-11)1-4-13-14(12)22-16(19-13)20-15(21)10-5-6-18-8-10/h9-14,16,18-19H,1-8H2,(H,20,21). The molecule has 0 aromatic rings. The Kier molecular flexibility index (Phi) is 4.35. The molecule has 6 heteroatoms. The van der Waals surface area contributed by atoms with Gasteiger partial charge in [0.1, 0.15) is 11.7 Å². The zero-order valence-electron chi connectivity index (χ0n) is 12.9. The van der Waals surface area contributed by atoms with E-state index < -0.39 is 6.17 Å². The van der Waals surface area contributed by atoms with Crippen LogP contribution in [0.5, 0.6) is 0 Å². The summed E-state index contributed by atoms with van der Waals surface area (Å²) < 4.78 is 13.6. The van der Waals surface area contributed by atoms with E-state index in [4.69, 9.17) is 0 Å². The summed E-state index contributed by atoms with van der Waals surface area (Å²) in [6.45, 7) is 1.75. The van der Waals surface area contributed by atoms with Crippen molar-refractivity contribution in [2.24, 2.45) is 17.8 Å². The molecule has 7 unspecified atom stereocenters. The molecule has 4 aliphatic rings. The van der Waals surface area contributed by atoms with E-state index in [-0.39, 0.29) is 17.3 Å². The molecule has 22 heavy (non-hydrogen) atoms. The summed E-state index contributed by atoms with van der Waals surface area (Å²) in [6, 6.07) is 0.495. The largest absolute Gasteiger partial charge is 0.332 e. The lowest BCUT2D eigenvalue weighted by atomic mass is 9.68. The maximum absolute atomic E-state index is 13.6. The highest BCUT2D eigenvalue weighted by molar-refractivity contribution is 8.00. The van der Waals surface area contributed by atoms with Crippen molar-refractivity contribution in [2.45, 2.75) is 61.5 Å². The van der Waals surface area contributed by atoms with Gasteiger partial charge < -0.3 is 10.6 Å². The lowest BCUT2D eigenvalue weighted by molar-refractivity contribution is -0.124. The van der Waals surface area contributed by atoms with E-state index in [0.29, 0.717) is 23.1 Å². The summed E-state index contributed by atoms with van der Waals surface area (Å²) in [5.74, 6) is 1.50. The molecule has 7 atom stereocenters. The molecule has 4 fully saturated rings. The number of hydrogen-bond donors (Lipinski definition) is 3. The fourth-order valence-corrected chi connectivity index (χ4v) is 6.53. The van der Waals surface area contributed by atoms with Crippen LogP contribution in [0.15, 0.2) is 0 Å². The van der Waals surface area contributed by atoms with Crippen molar-refractivity contribution < 1.29 is 9.18 Å². The Morgan fingerprint density at radius 1 is 1.18 bits per heavy atom. The van der Waals surface area contributed by atoms with Gasteiger partial charge in [-0.25, -0.2) is 4.39 Å². The summed E-state index contributed by atoms with van der Waals surface area (Å²) in [4.78, 5) is 12.3. The highest BCUT2D eigenvalue weighted by Gasteiger charge is 2.47. The van der Waals surface area contributed by atoms with Crippen LogP contribution in [-0.4, -0.2) is 42.0 Å². The minimum atomic E-state index is -0.581. The van der Waals surface area contributed by atoms with Gasteiger partial charge in [0.05, 0.1) is 5.92 Å². The number of alkyl halides is 1. The van der Waals surface area contributed by atoms with Gasteiger partial charge in [0, 0.05) is 17.8 Å². The van der Waals surface area contributed by atoms with Crippen LogP contribution in [0, 0.1) is 17.8 Å². The van der Waals surface area contributed by atoms with Crippen molar-refractivity contribution in [1.29, 1.82) is 0 Å². The SMILES string of the molecule is O=C(NC1NC2CCC3CC(F)CCC3C2S1)C1CCNC1. The van der Waals surface area contributed by atoms with Gasteiger partial charge >= 0.3 is 0 Å². The summed E-state index contributed by atoms with van der Waals surface area (Å²) in [7, 11) is 0. The monoisotopic (exact) mass is 327 g/mol. The first-order valence-electron chi connectivity index (χ1n) is 8.77. The van der Waals surface area contributed by atoms with Crippen molar-refractivity contribution >= 4 is 17.7 Å². The Bertz CT molecular complexity index is 432. The minimum absolute atomic E-state index is 0.0463. The van der Waals surface area contributed by atoms with Gasteiger partial charge in [0.2, 0.25) is 5.91 Å². The van der Waals surface area contributed by atoms with Crippen molar-refractivity contribution in [3.63, 3.8) is 0 Å². The van der Waals surface area contributed by atoms with Crippen LogP contribution in [0.4, 0.5) is 4.39 Å². The molecule has 0 radical (unpaired) electrons. The van der Waals surface area contributed by atoms with Crippen molar-refractivity contribution in [2.75, 3.05) is 13.1 Å². The molecule has 0 aromatic heterocycles. The number of nitrogens with one attached hydrogen (secondary N) is 3. The molecule has 2 saturated heterocycles. The molecule has 124 valence electrons. The van der Waals surface area contributed by atoms with Gasteiger partial charge in [0.15, 0.2) is 0 Å². The fraction of sp³-hybridized carbons (Fsp3) is 0.938. The molecule has 2 aliphatic carbocycles. The summed E-state index contributed by atoms with van der Waals surface area (Å²) in [6.07, 6.45) is 5.15. The van der Waals surface area contributed by atoms with Gasteiger partial charge in [-0.1, -0.05) is 0 Å². The van der Waals surface area contributed by atoms with Crippen molar-refractivity contribution in [3.8, 4) is 0 Å². The molecule has 2 aliphatic heterocycles. The Morgan fingerprint density at radius 2 is 2.09 bits per heavy atom. The third kappa shape index (κ3) is 2.89. The zero-order chi connectivity index (χ0) is 15.1. The number of carbonyl (C=O) groups excluding carboxylic acids is 1. The number of fused-ring (bicyclic) bond motifs is 3. The smallest absolute Gasteiger partial charge is 0.226 e. The lowest BCUT2D eigenvalue weighted by Crippen LogP contribution is -2.48. The van der Waals surface area contributed by atoms with Crippen LogP contribution in [0.3, 0.4) is 0 Å². The Labute approximate surface area is 135 Å². The second kappa shape index (κ2) is 6.29. The third-order valence-electron chi connectivity index (χ3n) is 6.01. The van der Waals surface area contributed by atoms with E-state index in [2.05, 4.69) is 16.0 Å². The number of hydrogen-bond acceptors (Lipinski definition) is 4. The number of halogens is 1. The zero-order valence-corrected chi connectivity index (χ0v) is 13.7. The molecule has 2 saturated carbocycles. The highest BCUT2D eigenvalue weighted by atomic mass is 32.2. The van der Waals surface area contributed by atoms with Crippen molar-refractivity contribution in [1.82, 2.24) is 16.0 Å². The van der Waals surface area contributed by atoms with E-state index in [9.17, 15) is 9.18 Å².